The van der Waals surface area contributed by atoms with Crippen molar-refractivity contribution in [2.45, 2.75) is 90.5 Å². The fourth-order valence-electron chi connectivity index (χ4n) is 3.13. The number of rotatable bonds is 7. The summed E-state index contributed by atoms with van der Waals surface area (Å²) in [5.74, 6) is 0. The molecular formula is C22H37NO3. The van der Waals surface area contributed by atoms with E-state index in [4.69, 9.17) is 9.47 Å². The van der Waals surface area contributed by atoms with Crippen molar-refractivity contribution in [1.82, 2.24) is 4.90 Å². The highest BCUT2D eigenvalue weighted by Crippen LogP contribution is 2.28. The Morgan fingerprint density at radius 3 is 2.46 bits per heavy atom. The molecule has 0 aliphatic carbocycles. The van der Waals surface area contributed by atoms with E-state index in [0.29, 0.717) is 0 Å². The summed E-state index contributed by atoms with van der Waals surface area (Å²) in [5.41, 5.74) is -0.506. The largest absolute Gasteiger partial charge is 0.444 e. The van der Waals surface area contributed by atoms with Crippen LogP contribution < -0.4 is 0 Å². The van der Waals surface area contributed by atoms with Crippen LogP contribution in [0.1, 0.15) is 66.7 Å². The van der Waals surface area contributed by atoms with Crippen LogP contribution in [0.3, 0.4) is 0 Å². The van der Waals surface area contributed by atoms with Crippen LogP contribution in [-0.4, -0.2) is 41.9 Å². The number of nitrogens with zero attached hydrogens (tertiary/aromatic N) is 1. The Morgan fingerprint density at radius 2 is 1.85 bits per heavy atom. The molecule has 0 radical (unpaired) electrons. The maximum Gasteiger partial charge on any atom is 0.411 e. The van der Waals surface area contributed by atoms with Crippen molar-refractivity contribution < 1.29 is 14.3 Å². The number of hydrogen-bond acceptors (Lipinski definition) is 3. The summed E-state index contributed by atoms with van der Waals surface area (Å²) in [6, 6.07) is 0.0103. The maximum atomic E-state index is 12.7. The molecular weight excluding hydrogens is 326 g/mol. The van der Waals surface area contributed by atoms with Crippen LogP contribution in [0.2, 0.25) is 0 Å². The third kappa shape index (κ3) is 7.77. The predicted molar refractivity (Wildman–Crippen MR) is 108 cm³/mol. The minimum Gasteiger partial charge on any atom is -0.444 e. The van der Waals surface area contributed by atoms with Crippen molar-refractivity contribution in [2.75, 3.05) is 7.11 Å². The second kappa shape index (κ2) is 11.2. The molecule has 0 saturated carbocycles. The lowest BCUT2D eigenvalue weighted by Crippen LogP contribution is -2.55. The fraction of sp³-hybridized carbons (Fsp3) is 0.682. The van der Waals surface area contributed by atoms with Crippen LogP contribution in [0.5, 0.6) is 0 Å². The first kappa shape index (κ1) is 22.5. The predicted octanol–water partition coefficient (Wildman–Crippen LogP) is 5.65. The van der Waals surface area contributed by atoms with Gasteiger partial charge in [-0.05, 0) is 47.0 Å². The molecule has 0 N–H and O–H groups in total. The van der Waals surface area contributed by atoms with E-state index in [-0.39, 0.29) is 24.3 Å². The Bertz CT molecular complexity index is 502. The van der Waals surface area contributed by atoms with Crippen molar-refractivity contribution in [2.24, 2.45) is 0 Å². The smallest absolute Gasteiger partial charge is 0.411 e. The molecule has 4 heteroatoms. The second-order valence-electron chi connectivity index (χ2n) is 7.89. The van der Waals surface area contributed by atoms with Gasteiger partial charge in [0, 0.05) is 7.11 Å². The van der Waals surface area contributed by atoms with Gasteiger partial charge < -0.3 is 9.47 Å². The Balaban J connectivity index is 2.76. The molecule has 4 nitrogen and oxygen atoms in total. The minimum atomic E-state index is -0.506. The van der Waals surface area contributed by atoms with E-state index in [1.807, 2.05) is 50.8 Å². The fourth-order valence-corrected chi connectivity index (χ4v) is 3.13. The van der Waals surface area contributed by atoms with E-state index in [1.54, 1.807) is 7.11 Å². The molecule has 0 aromatic rings. The zero-order valence-electron chi connectivity index (χ0n) is 17.4. The first-order valence-electron chi connectivity index (χ1n) is 9.84. The zero-order chi connectivity index (χ0) is 19.6. The van der Waals surface area contributed by atoms with Crippen molar-refractivity contribution in [3.8, 4) is 0 Å². The number of carbonyl (C=O) groups is 1. The number of hydrogen-bond donors (Lipinski definition) is 0. The summed E-state index contributed by atoms with van der Waals surface area (Å²) in [5, 5.41) is 0. The molecule has 0 aromatic heterocycles. The number of amides is 1. The van der Waals surface area contributed by atoms with Gasteiger partial charge in [-0.15, -0.1) is 0 Å². The Kier molecular flexibility index (Phi) is 9.71. The van der Waals surface area contributed by atoms with Gasteiger partial charge >= 0.3 is 6.09 Å². The maximum absolute atomic E-state index is 12.7. The quantitative estimate of drug-likeness (QED) is 0.433. The highest BCUT2D eigenvalue weighted by Gasteiger charge is 2.38. The van der Waals surface area contributed by atoms with E-state index in [0.717, 1.165) is 19.3 Å². The molecule has 1 rings (SSSR count). The first-order valence-corrected chi connectivity index (χ1v) is 9.84. The molecule has 1 heterocycles. The summed E-state index contributed by atoms with van der Waals surface area (Å²) >= 11 is 0. The molecule has 1 fully saturated rings. The molecule has 1 aliphatic rings. The van der Waals surface area contributed by atoms with Crippen LogP contribution >= 0.6 is 0 Å². The number of likely N-dealkylation sites (tertiary alicyclic amines) is 1. The number of piperidine rings is 1. The number of ether oxygens (including phenoxy) is 2. The average Bonchev–Trinajstić information content (AvgIpc) is 2.55. The minimum absolute atomic E-state index is 0.0174. The van der Waals surface area contributed by atoms with E-state index in [9.17, 15) is 4.79 Å². The number of methoxy groups -OCH3 is 1. The van der Waals surface area contributed by atoms with Crippen molar-refractivity contribution >= 4 is 6.09 Å². The molecule has 0 bridgehead atoms. The standard InChI is InChI=1S/C22H37NO3/c1-7-8-9-10-11-12-13-14-15-19-16-17-20(25-6)18(2)23(19)21(24)26-22(3,4)5/h10-15,18-20H,7-9,16-17H2,1-6H3/b11-10+,13-12+,15-14+/t18-,19+,20-/m1/s1. The highest BCUT2D eigenvalue weighted by atomic mass is 16.6. The molecule has 1 amide bonds. The van der Waals surface area contributed by atoms with E-state index >= 15 is 0 Å². The van der Waals surface area contributed by atoms with Crippen LogP contribution in [0.15, 0.2) is 36.5 Å². The number of allylic oxidation sites excluding steroid dienone is 5. The van der Waals surface area contributed by atoms with Gasteiger partial charge in [-0.25, -0.2) is 4.79 Å². The van der Waals surface area contributed by atoms with Gasteiger partial charge in [-0.2, -0.15) is 0 Å². The van der Waals surface area contributed by atoms with Crippen LogP contribution in [0.4, 0.5) is 4.79 Å². The Morgan fingerprint density at radius 1 is 1.15 bits per heavy atom. The van der Waals surface area contributed by atoms with Crippen molar-refractivity contribution in [3.63, 3.8) is 0 Å². The lowest BCUT2D eigenvalue weighted by atomic mass is 9.94. The van der Waals surface area contributed by atoms with Gasteiger partial charge in [0.1, 0.15) is 5.60 Å². The van der Waals surface area contributed by atoms with Gasteiger partial charge in [0.15, 0.2) is 0 Å². The second-order valence-corrected chi connectivity index (χ2v) is 7.89. The summed E-state index contributed by atoms with van der Waals surface area (Å²) in [6.07, 6.45) is 17.6. The zero-order valence-corrected chi connectivity index (χ0v) is 17.4. The normalized spacial score (nSPS) is 24.8. The summed E-state index contributed by atoms with van der Waals surface area (Å²) in [7, 11) is 1.71. The monoisotopic (exact) mass is 363 g/mol. The van der Waals surface area contributed by atoms with Crippen molar-refractivity contribution in [3.05, 3.63) is 36.5 Å². The third-order valence-electron chi connectivity index (χ3n) is 4.52. The molecule has 0 unspecified atom stereocenters. The summed E-state index contributed by atoms with van der Waals surface area (Å²) in [6.45, 7) is 9.91. The van der Waals surface area contributed by atoms with Gasteiger partial charge in [-0.3, -0.25) is 4.90 Å². The van der Waals surface area contributed by atoms with Gasteiger partial charge in [0.25, 0.3) is 0 Å². The summed E-state index contributed by atoms with van der Waals surface area (Å²) in [4.78, 5) is 14.5. The van der Waals surface area contributed by atoms with Crippen LogP contribution in [0, 0.1) is 0 Å². The molecule has 0 aromatic carbocycles. The Labute approximate surface area is 159 Å². The van der Waals surface area contributed by atoms with Crippen LogP contribution in [0.25, 0.3) is 0 Å². The number of unbranched alkanes of at least 4 members (excludes halogenated alkanes) is 2. The van der Waals surface area contributed by atoms with Crippen LogP contribution in [-0.2, 0) is 9.47 Å². The summed E-state index contributed by atoms with van der Waals surface area (Å²) < 4.78 is 11.2. The van der Waals surface area contributed by atoms with Crippen molar-refractivity contribution in [1.29, 1.82) is 0 Å². The molecule has 0 spiro atoms. The lowest BCUT2D eigenvalue weighted by Gasteiger charge is -2.43. The topological polar surface area (TPSA) is 38.8 Å². The first-order chi connectivity index (χ1) is 12.3. The van der Waals surface area contributed by atoms with Gasteiger partial charge in [-0.1, -0.05) is 56.2 Å². The molecule has 26 heavy (non-hydrogen) atoms. The molecule has 1 saturated heterocycles. The van der Waals surface area contributed by atoms with Gasteiger partial charge in [0.2, 0.25) is 0 Å². The Hall–Kier alpha value is -1.55. The number of carbonyl (C=O) groups excluding carboxylic acids is 1. The molecule has 3 atom stereocenters. The van der Waals surface area contributed by atoms with Gasteiger partial charge in [0.05, 0.1) is 18.2 Å². The van der Waals surface area contributed by atoms with E-state index in [2.05, 4.69) is 25.2 Å². The molecule has 148 valence electrons. The van der Waals surface area contributed by atoms with E-state index in [1.165, 1.54) is 12.8 Å². The third-order valence-corrected chi connectivity index (χ3v) is 4.52. The average molecular weight is 364 g/mol. The lowest BCUT2D eigenvalue weighted by molar-refractivity contribution is -0.0435. The highest BCUT2D eigenvalue weighted by molar-refractivity contribution is 5.69. The van der Waals surface area contributed by atoms with E-state index < -0.39 is 5.60 Å². The SMILES string of the molecule is CCCC/C=C/C=C/C=C/[C@H]1CC[C@@H](OC)[C@@H](C)N1C(=O)OC(C)(C)C. The molecule has 1 aliphatic heterocycles.